The van der Waals surface area contributed by atoms with Crippen LogP contribution >= 0.6 is 0 Å². The third-order valence-corrected chi connectivity index (χ3v) is 3.02. The van der Waals surface area contributed by atoms with Crippen molar-refractivity contribution in [2.45, 2.75) is 25.5 Å². The van der Waals surface area contributed by atoms with Crippen molar-refractivity contribution >= 4 is 16.5 Å². The normalized spacial score (nSPS) is 13.9. The molecule has 0 aliphatic carbocycles. The quantitative estimate of drug-likeness (QED) is 0.377. The predicted octanol–water partition coefficient (Wildman–Crippen LogP) is 0.789. The maximum absolute atomic E-state index is 11.0. The molecule has 0 saturated heterocycles. The molecule has 0 bridgehead atoms. The van der Waals surface area contributed by atoms with E-state index in [4.69, 9.17) is 0 Å². The second-order valence-corrected chi connectivity index (χ2v) is 4.15. The predicted molar refractivity (Wildman–Crippen MR) is 44.2 cm³/mol. The van der Waals surface area contributed by atoms with Crippen LogP contribution in [-0.2, 0) is 14.3 Å². The summed E-state index contributed by atoms with van der Waals surface area (Å²) in [6, 6.07) is 0. The van der Waals surface area contributed by atoms with Gasteiger partial charge in [-0.15, -0.1) is 0 Å². The van der Waals surface area contributed by atoms with Gasteiger partial charge in [0.2, 0.25) is 0 Å². The fraction of sp³-hybridized carbons (Fsp3) is 0.833. The maximum atomic E-state index is 11.0. The van der Waals surface area contributed by atoms with E-state index in [0.29, 0.717) is 6.42 Å². The zero-order valence-corrected chi connectivity index (χ0v) is 10.7. The van der Waals surface area contributed by atoms with Gasteiger partial charge in [-0.1, -0.05) is 6.92 Å². The summed E-state index contributed by atoms with van der Waals surface area (Å²) in [5.74, 6) is 0. The number of hydrogen-bond donors (Lipinski definition) is 0. The van der Waals surface area contributed by atoms with Crippen molar-refractivity contribution in [3.05, 3.63) is 0 Å². The Kier molecular flexibility index (Phi) is 5.57. The minimum atomic E-state index is -3.42. The monoisotopic (exact) mass is 428 g/mol. The van der Waals surface area contributed by atoms with Crippen LogP contribution in [-0.4, -0.2) is 27.1 Å². The van der Waals surface area contributed by atoms with E-state index in [0.717, 1.165) is 6.40 Å². The molecule has 0 aromatic rings. The van der Waals surface area contributed by atoms with Crippen molar-refractivity contribution < 1.29 is 12.6 Å². The first-order chi connectivity index (χ1) is 5.04. The number of aliphatic imine (C=N–C) groups is 1. The van der Waals surface area contributed by atoms with Crippen LogP contribution < -0.4 is 0 Å². The van der Waals surface area contributed by atoms with Crippen LogP contribution in [0.3, 0.4) is 0 Å². The van der Waals surface area contributed by atoms with E-state index >= 15 is 0 Å². The van der Waals surface area contributed by atoms with E-state index in [1.54, 1.807) is 13.8 Å². The first-order valence-corrected chi connectivity index (χ1v) is 4.84. The van der Waals surface area contributed by atoms with Crippen LogP contribution in [0, 0.1) is 0 Å². The molecule has 6 heteroatoms. The second kappa shape index (κ2) is 5.12. The van der Waals surface area contributed by atoms with Crippen LogP contribution in [0.2, 0.25) is 0 Å². The maximum Gasteiger partial charge on any atom is 0.312 e. The summed E-state index contributed by atoms with van der Waals surface area (Å²) in [7, 11) is -1.97. The Bertz CT molecular complexity index is 225. The molecule has 0 aromatic heterocycles. The molecule has 0 radical (unpaired) electrons. The van der Waals surface area contributed by atoms with Crippen molar-refractivity contribution in [3.8, 4) is 0 Å². The first kappa shape index (κ1) is 13.0. The van der Waals surface area contributed by atoms with Gasteiger partial charge in [-0.2, -0.15) is 8.42 Å². The molecule has 12 heavy (non-hydrogen) atoms. The number of nitrogens with zero attached hydrogens (tertiary/aromatic N) is 1. The van der Waals surface area contributed by atoms with Crippen molar-refractivity contribution in [3.63, 3.8) is 0 Å². The van der Waals surface area contributed by atoms with Crippen LogP contribution in [0.4, 0.5) is 0 Å². The van der Waals surface area contributed by atoms with E-state index in [1.807, 2.05) is 0 Å². The Morgan fingerprint density at radius 2 is 2.08 bits per heavy atom. The van der Waals surface area contributed by atoms with Gasteiger partial charge in [0.05, 0.1) is 5.25 Å². The fourth-order valence-electron chi connectivity index (χ4n) is 0.402. The zero-order valence-electron chi connectivity index (χ0n) is 7.26. The number of hydrogen-bond acceptors (Lipinski definition) is 4. The Morgan fingerprint density at radius 3 is 2.42 bits per heavy atom. The molecule has 1 atom stereocenters. The molecule has 0 rings (SSSR count). The van der Waals surface area contributed by atoms with Gasteiger partial charge >= 0.3 is 10.1 Å². The molecular formula is C6H13CfNO3S. The molecule has 0 aliphatic heterocycles. The van der Waals surface area contributed by atoms with Gasteiger partial charge in [0.15, 0.2) is 6.40 Å². The standard InChI is InChI=1S/C6H13NO3S.Cf/c1-4-6(2)11(8,9)10-5-7-3;/h5-6H,4H2,1-3H3;. The molecule has 4 nitrogen and oxygen atoms in total. The Morgan fingerprint density at radius 1 is 1.58 bits per heavy atom. The Balaban J connectivity index is 0. The van der Waals surface area contributed by atoms with Gasteiger partial charge in [-0.25, -0.2) is 0 Å². The van der Waals surface area contributed by atoms with E-state index in [-0.39, 0.29) is 0 Å². The third kappa shape index (κ3) is 3.55. The Hall–Kier alpha value is -1.58. The molecule has 76 valence electrons. The van der Waals surface area contributed by atoms with Crippen molar-refractivity contribution in [1.82, 2.24) is 0 Å². The van der Waals surface area contributed by atoms with Crippen LogP contribution in [0.5, 0.6) is 0 Å². The molecule has 0 fully saturated rings. The molecule has 0 amide bonds. The summed E-state index contributed by atoms with van der Waals surface area (Å²) in [6.45, 7) is 3.38. The van der Waals surface area contributed by atoms with Crippen molar-refractivity contribution in [2.24, 2.45) is 4.99 Å². The average Bonchev–Trinajstić information content (AvgIpc) is 1.99. The largest absolute Gasteiger partial charge is 0.370 e. The number of rotatable bonds is 4. The minimum Gasteiger partial charge on any atom is -0.370 e. The smallest absolute Gasteiger partial charge is 0.312 e. The average molecular weight is 430 g/mol. The summed E-state index contributed by atoms with van der Waals surface area (Å²) in [5.41, 5.74) is 0. The molecule has 0 saturated carbocycles. The van der Waals surface area contributed by atoms with Gasteiger partial charge in [0, 0.05) is 7.05 Å². The van der Waals surface area contributed by atoms with Gasteiger partial charge in [0.1, 0.15) is 0 Å². The van der Waals surface area contributed by atoms with E-state index in [1.165, 1.54) is 7.05 Å². The van der Waals surface area contributed by atoms with Crippen LogP contribution in [0.1, 0.15) is 20.3 Å². The zero-order chi connectivity index (χ0) is 8.91. The summed E-state index contributed by atoms with van der Waals surface area (Å²) < 4.78 is 26.4. The SMILES string of the molecule is CCC(C)S(=O)(=O)OC=NC.[Cf]. The van der Waals surface area contributed by atoms with Crippen LogP contribution in [0.15, 0.2) is 4.99 Å². The van der Waals surface area contributed by atoms with Gasteiger partial charge < -0.3 is 4.18 Å². The Labute approximate surface area is 67.4 Å². The van der Waals surface area contributed by atoms with Gasteiger partial charge in [0.25, 0.3) is 0 Å². The summed E-state index contributed by atoms with van der Waals surface area (Å²) >= 11 is 0. The van der Waals surface area contributed by atoms with Crippen molar-refractivity contribution in [1.29, 1.82) is 0 Å². The van der Waals surface area contributed by atoms with Gasteiger partial charge in [-0.05, 0) is 13.3 Å². The second-order valence-electron chi connectivity index (χ2n) is 2.17. The van der Waals surface area contributed by atoms with E-state index < -0.39 is 15.4 Å². The minimum absolute atomic E-state index is 0. The molecular weight excluding hydrogens is 417 g/mol. The molecule has 0 aliphatic rings. The molecule has 0 heterocycles. The topological polar surface area (TPSA) is 55.7 Å². The fourth-order valence-corrected chi connectivity index (χ4v) is 1.21. The molecule has 0 aromatic carbocycles. The summed E-state index contributed by atoms with van der Waals surface area (Å²) in [5, 5.41) is -0.472. The van der Waals surface area contributed by atoms with E-state index in [9.17, 15) is 8.42 Å². The van der Waals surface area contributed by atoms with Gasteiger partial charge in [-0.3, -0.25) is 4.99 Å². The molecule has 0 spiro atoms. The summed E-state index contributed by atoms with van der Waals surface area (Å²) in [4.78, 5) is 3.41. The summed E-state index contributed by atoms with van der Waals surface area (Å²) in [6.07, 6.45) is 1.47. The molecule has 0 N–H and O–H groups in total. The molecule has 1 unspecified atom stereocenters. The first-order valence-electron chi connectivity index (χ1n) is 3.37. The van der Waals surface area contributed by atoms with E-state index in [2.05, 4.69) is 9.18 Å². The van der Waals surface area contributed by atoms with Crippen molar-refractivity contribution in [2.75, 3.05) is 7.05 Å². The van der Waals surface area contributed by atoms with Crippen LogP contribution in [0.25, 0.3) is 0 Å². The third-order valence-electron chi connectivity index (χ3n) is 1.35.